The molecule has 6 nitrogen and oxygen atoms in total. The number of aliphatic imine (C=N–C) groups is 1. The lowest BCUT2D eigenvalue weighted by molar-refractivity contribution is -0.114. The van der Waals surface area contributed by atoms with Crippen molar-refractivity contribution in [3.05, 3.63) is 29.8 Å². The maximum Gasteiger partial charge on any atom is 0.246 e. The van der Waals surface area contributed by atoms with E-state index >= 15 is 0 Å². The zero-order valence-electron chi connectivity index (χ0n) is 15.5. The average Bonchev–Trinajstić information content (AvgIpc) is 3.07. The first-order valence-electron chi connectivity index (χ1n) is 9.07. The van der Waals surface area contributed by atoms with E-state index in [-0.39, 0.29) is 12.5 Å². The highest BCUT2D eigenvalue weighted by Crippen LogP contribution is 2.16. The molecule has 25 heavy (non-hydrogen) atoms. The molecule has 0 radical (unpaired) electrons. The molecule has 2 N–H and O–H groups in total. The van der Waals surface area contributed by atoms with Crippen molar-refractivity contribution in [2.75, 3.05) is 45.2 Å². The molecule has 0 aliphatic carbocycles. The number of anilines is 1. The Hall–Kier alpha value is -2.08. The Morgan fingerprint density at radius 3 is 2.96 bits per heavy atom. The second-order valence-electron chi connectivity index (χ2n) is 6.33. The van der Waals surface area contributed by atoms with Gasteiger partial charge in [-0.15, -0.1) is 0 Å². The summed E-state index contributed by atoms with van der Waals surface area (Å²) < 4.78 is 5.25. The molecule has 1 atom stereocenters. The predicted octanol–water partition coefficient (Wildman–Crippen LogP) is 2.12. The van der Waals surface area contributed by atoms with E-state index in [0.717, 1.165) is 50.7 Å². The lowest BCUT2D eigenvalue weighted by Gasteiger charge is -2.21. The van der Waals surface area contributed by atoms with Gasteiger partial charge in [0.25, 0.3) is 0 Å². The Bertz CT molecular complexity index is 589. The third-order valence-corrected chi connectivity index (χ3v) is 4.31. The van der Waals surface area contributed by atoms with E-state index < -0.39 is 0 Å². The number of nitrogens with one attached hydrogen (secondary N) is 2. The smallest absolute Gasteiger partial charge is 0.246 e. The lowest BCUT2D eigenvalue weighted by Crippen LogP contribution is -2.40. The van der Waals surface area contributed by atoms with Gasteiger partial charge >= 0.3 is 0 Å². The summed E-state index contributed by atoms with van der Waals surface area (Å²) in [5.41, 5.74) is 2.03. The van der Waals surface area contributed by atoms with Gasteiger partial charge in [0.2, 0.25) is 5.91 Å². The van der Waals surface area contributed by atoms with E-state index in [2.05, 4.69) is 33.5 Å². The molecule has 0 bridgehead atoms. The third-order valence-electron chi connectivity index (χ3n) is 4.31. The SMILES string of the molecule is CCNC(=NCC(=O)Nc1cccc(CC)c1)N1CCC(COC)C1. The molecule has 0 saturated carbocycles. The van der Waals surface area contributed by atoms with Crippen LogP contribution in [0.2, 0.25) is 0 Å². The van der Waals surface area contributed by atoms with E-state index in [9.17, 15) is 4.79 Å². The summed E-state index contributed by atoms with van der Waals surface area (Å²) in [6.07, 6.45) is 2.04. The van der Waals surface area contributed by atoms with Crippen LogP contribution in [-0.4, -0.2) is 56.7 Å². The standard InChI is InChI=1S/C19H30N4O2/c1-4-15-7-6-8-17(11-15)22-18(24)12-21-19(20-5-2)23-10-9-16(13-23)14-25-3/h6-8,11,16H,4-5,9-10,12-14H2,1-3H3,(H,20,21)(H,22,24). The fourth-order valence-electron chi connectivity index (χ4n) is 3.04. The minimum atomic E-state index is -0.101. The van der Waals surface area contributed by atoms with Crippen LogP contribution in [0.5, 0.6) is 0 Å². The number of hydrogen-bond donors (Lipinski definition) is 2. The molecule has 1 aromatic rings. The van der Waals surface area contributed by atoms with E-state index in [1.54, 1.807) is 7.11 Å². The van der Waals surface area contributed by atoms with Gasteiger partial charge in [-0.3, -0.25) is 4.79 Å². The van der Waals surface area contributed by atoms with Crippen LogP contribution in [0, 0.1) is 5.92 Å². The number of rotatable bonds is 7. The van der Waals surface area contributed by atoms with E-state index in [0.29, 0.717) is 5.92 Å². The Morgan fingerprint density at radius 1 is 1.40 bits per heavy atom. The molecule has 1 heterocycles. The van der Waals surface area contributed by atoms with Gasteiger partial charge in [-0.05, 0) is 37.5 Å². The van der Waals surface area contributed by atoms with Crippen molar-refractivity contribution < 1.29 is 9.53 Å². The number of hydrogen-bond acceptors (Lipinski definition) is 3. The Balaban J connectivity index is 1.92. The first kappa shape index (κ1) is 19.2. The van der Waals surface area contributed by atoms with Crippen molar-refractivity contribution in [3.8, 4) is 0 Å². The molecule has 1 aliphatic heterocycles. The molecule has 1 fully saturated rings. The maximum atomic E-state index is 12.2. The summed E-state index contributed by atoms with van der Waals surface area (Å²) in [5, 5.41) is 6.20. The van der Waals surface area contributed by atoms with Gasteiger partial charge in [0, 0.05) is 38.3 Å². The third kappa shape index (κ3) is 6.05. The molecule has 0 aromatic heterocycles. The van der Waals surface area contributed by atoms with Gasteiger partial charge in [-0.1, -0.05) is 19.1 Å². The molecule has 0 spiro atoms. The number of benzene rings is 1. The van der Waals surface area contributed by atoms with E-state index in [4.69, 9.17) is 4.74 Å². The normalized spacial score (nSPS) is 17.6. The van der Waals surface area contributed by atoms with Gasteiger partial charge in [0.15, 0.2) is 5.96 Å². The van der Waals surface area contributed by atoms with Gasteiger partial charge in [0.1, 0.15) is 6.54 Å². The van der Waals surface area contributed by atoms with Crippen molar-refractivity contribution in [2.24, 2.45) is 10.9 Å². The van der Waals surface area contributed by atoms with Crippen molar-refractivity contribution in [3.63, 3.8) is 0 Å². The molecular formula is C19H30N4O2. The second kappa shape index (κ2) is 10.0. The fraction of sp³-hybridized carbons (Fsp3) is 0.579. The molecular weight excluding hydrogens is 316 g/mol. The van der Waals surface area contributed by atoms with Crippen molar-refractivity contribution in [2.45, 2.75) is 26.7 Å². The van der Waals surface area contributed by atoms with Crippen LogP contribution in [0.3, 0.4) is 0 Å². The Kier molecular flexibility index (Phi) is 7.73. The number of nitrogens with zero attached hydrogens (tertiary/aromatic N) is 2. The van der Waals surface area contributed by atoms with Crippen molar-refractivity contribution in [1.82, 2.24) is 10.2 Å². The number of likely N-dealkylation sites (tertiary alicyclic amines) is 1. The zero-order valence-corrected chi connectivity index (χ0v) is 15.5. The summed E-state index contributed by atoms with van der Waals surface area (Å²) in [6, 6.07) is 7.92. The summed E-state index contributed by atoms with van der Waals surface area (Å²) in [5.74, 6) is 1.23. The highest BCUT2D eigenvalue weighted by molar-refractivity contribution is 5.94. The fourth-order valence-corrected chi connectivity index (χ4v) is 3.04. The van der Waals surface area contributed by atoms with Gasteiger partial charge < -0.3 is 20.3 Å². The molecule has 1 unspecified atom stereocenters. The van der Waals surface area contributed by atoms with Gasteiger partial charge in [-0.25, -0.2) is 4.99 Å². The minimum Gasteiger partial charge on any atom is -0.384 e. The second-order valence-corrected chi connectivity index (χ2v) is 6.33. The van der Waals surface area contributed by atoms with Crippen LogP contribution in [0.15, 0.2) is 29.3 Å². The molecule has 2 rings (SSSR count). The molecule has 1 amide bonds. The predicted molar refractivity (Wildman–Crippen MR) is 102 cm³/mol. The van der Waals surface area contributed by atoms with Crippen molar-refractivity contribution in [1.29, 1.82) is 0 Å². The highest BCUT2D eigenvalue weighted by atomic mass is 16.5. The van der Waals surface area contributed by atoms with Crippen LogP contribution in [-0.2, 0) is 16.0 Å². The lowest BCUT2D eigenvalue weighted by atomic mass is 10.1. The quantitative estimate of drug-likeness (QED) is 0.586. The molecule has 1 aromatic carbocycles. The van der Waals surface area contributed by atoms with Crippen LogP contribution < -0.4 is 10.6 Å². The average molecular weight is 346 g/mol. The number of carbonyl (C=O) groups is 1. The van der Waals surface area contributed by atoms with Crippen LogP contribution in [0.1, 0.15) is 25.8 Å². The number of methoxy groups -OCH3 is 1. The summed E-state index contributed by atoms with van der Waals surface area (Å²) >= 11 is 0. The van der Waals surface area contributed by atoms with Crippen molar-refractivity contribution >= 4 is 17.6 Å². The Labute approximate surface area is 150 Å². The van der Waals surface area contributed by atoms with E-state index in [1.165, 1.54) is 5.56 Å². The number of amides is 1. The highest BCUT2D eigenvalue weighted by Gasteiger charge is 2.24. The van der Waals surface area contributed by atoms with Crippen LogP contribution >= 0.6 is 0 Å². The zero-order chi connectivity index (χ0) is 18.1. The maximum absolute atomic E-state index is 12.2. The summed E-state index contributed by atoms with van der Waals surface area (Å²) in [7, 11) is 1.74. The topological polar surface area (TPSA) is 66.0 Å². The Morgan fingerprint density at radius 2 is 2.24 bits per heavy atom. The summed E-state index contributed by atoms with van der Waals surface area (Å²) in [6.45, 7) is 7.66. The summed E-state index contributed by atoms with van der Waals surface area (Å²) in [4.78, 5) is 18.9. The molecule has 6 heteroatoms. The number of aryl methyl sites for hydroxylation is 1. The first-order chi connectivity index (χ1) is 12.2. The molecule has 138 valence electrons. The molecule has 1 saturated heterocycles. The van der Waals surface area contributed by atoms with Gasteiger partial charge in [0.05, 0.1) is 6.61 Å². The van der Waals surface area contributed by atoms with E-state index in [1.807, 2.05) is 25.1 Å². The molecule has 1 aliphatic rings. The monoisotopic (exact) mass is 346 g/mol. The van der Waals surface area contributed by atoms with Crippen LogP contribution in [0.25, 0.3) is 0 Å². The largest absolute Gasteiger partial charge is 0.384 e. The minimum absolute atomic E-state index is 0.101. The van der Waals surface area contributed by atoms with Crippen LogP contribution in [0.4, 0.5) is 5.69 Å². The number of guanidine groups is 1. The number of ether oxygens (including phenoxy) is 1. The van der Waals surface area contributed by atoms with Gasteiger partial charge in [-0.2, -0.15) is 0 Å². The first-order valence-corrected chi connectivity index (χ1v) is 9.07. The number of carbonyl (C=O) groups excluding carboxylic acids is 1.